The highest BCUT2D eigenvalue weighted by Gasteiger charge is 2.07. The quantitative estimate of drug-likeness (QED) is 0.332. The average Bonchev–Trinajstić information content (AvgIpc) is 2.51. The van der Waals surface area contributed by atoms with Crippen LogP contribution in [0.15, 0.2) is 0 Å². The van der Waals surface area contributed by atoms with Crippen LogP contribution in [0.5, 0.6) is 0 Å². The molecule has 0 fully saturated rings. The largest absolute Gasteiger partial charge is 0.541 e. The highest BCUT2D eigenvalue weighted by molar-refractivity contribution is 5.68. The normalized spacial score (nSPS) is 10.8. The summed E-state index contributed by atoms with van der Waals surface area (Å²) in [4.78, 5) is 11.0. The van der Waals surface area contributed by atoms with E-state index in [1.165, 1.54) is 83.5 Å². The molecule has 0 aromatic heterocycles. The molecule has 0 saturated carbocycles. The van der Waals surface area contributed by atoms with Gasteiger partial charge in [0.25, 0.3) is 0 Å². The number of carbonyl (C=O) groups is 1. The van der Waals surface area contributed by atoms with E-state index in [4.69, 9.17) is 0 Å². The molecule has 22 heavy (non-hydrogen) atoms. The zero-order chi connectivity index (χ0) is 16.3. The molecule has 0 N–H and O–H groups in total. The van der Waals surface area contributed by atoms with Crippen molar-refractivity contribution in [2.24, 2.45) is 0 Å². The molecule has 0 rings (SSSR count). The zero-order valence-corrected chi connectivity index (χ0v) is 16.0. The SMILES string of the molecule is CCCCCCCCCCCCCCCCCC(=O)O[Br+][O-]. The van der Waals surface area contributed by atoms with Crippen molar-refractivity contribution in [3.05, 3.63) is 0 Å². The highest BCUT2D eigenvalue weighted by Crippen LogP contribution is 2.13. The minimum Gasteiger partial charge on any atom is -0.541 e. The molecule has 0 aromatic rings. The van der Waals surface area contributed by atoms with Gasteiger partial charge in [-0.25, -0.2) is 8.62 Å². The van der Waals surface area contributed by atoms with E-state index < -0.39 is 15.5 Å². The lowest BCUT2D eigenvalue weighted by atomic mass is 10.0. The van der Waals surface area contributed by atoms with E-state index in [1.54, 1.807) is 0 Å². The summed E-state index contributed by atoms with van der Waals surface area (Å²) in [6.07, 6.45) is 20.1. The molecule has 0 bridgehead atoms. The number of hydrogen-bond donors (Lipinski definition) is 0. The van der Waals surface area contributed by atoms with E-state index in [-0.39, 0.29) is 5.97 Å². The molecule has 0 unspecified atom stereocenters. The summed E-state index contributed by atoms with van der Waals surface area (Å²) in [6, 6.07) is 0. The van der Waals surface area contributed by atoms with Crippen molar-refractivity contribution in [1.82, 2.24) is 0 Å². The molecular formula is C18H35BrO3. The molecule has 0 aliphatic carbocycles. The van der Waals surface area contributed by atoms with Crippen LogP contribution in [0.3, 0.4) is 0 Å². The van der Waals surface area contributed by atoms with E-state index in [0.29, 0.717) is 6.42 Å². The van der Waals surface area contributed by atoms with E-state index >= 15 is 0 Å². The van der Waals surface area contributed by atoms with Gasteiger partial charge in [0.15, 0.2) is 0 Å². The van der Waals surface area contributed by atoms with Crippen LogP contribution < -0.4 is 4.20 Å². The van der Waals surface area contributed by atoms with Crippen LogP contribution in [-0.2, 0) is 8.62 Å². The molecule has 0 saturated heterocycles. The summed E-state index contributed by atoms with van der Waals surface area (Å²) in [6.45, 7) is 2.27. The molecule has 0 aliphatic heterocycles. The van der Waals surface area contributed by atoms with Crippen LogP contribution in [0.2, 0.25) is 0 Å². The fraction of sp³-hybridized carbons (Fsp3) is 0.944. The molecule has 4 heteroatoms. The van der Waals surface area contributed by atoms with Crippen LogP contribution in [0.1, 0.15) is 110 Å². The molecular weight excluding hydrogens is 344 g/mol. The van der Waals surface area contributed by atoms with Gasteiger partial charge in [-0.3, -0.25) is 0 Å². The number of halogens is 1. The smallest absolute Gasteiger partial charge is 0.484 e. The average molecular weight is 379 g/mol. The van der Waals surface area contributed by atoms with Gasteiger partial charge in [-0.15, -0.1) is 0 Å². The summed E-state index contributed by atoms with van der Waals surface area (Å²) in [5, 5.41) is 0. The van der Waals surface area contributed by atoms with Crippen LogP contribution in [0.25, 0.3) is 0 Å². The van der Waals surface area contributed by atoms with Gasteiger partial charge in [0.2, 0.25) is 0 Å². The Morgan fingerprint density at radius 2 is 1.09 bits per heavy atom. The summed E-state index contributed by atoms with van der Waals surface area (Å²) >= 11 is -0.977. The van der Waals surface area contributed by atoms with Crippen molar-refractivity contribution in [1.29, 1.82) is 0 Å². The van der Waals surface area contributed by atoms with Gasteiger partial charge >= 0.3 is 21.5 Å². The van der Waals surface area contributed by atoms with Gasteiger partial charge in [-0.05, 0) is 6.42 Å². The Morgan fingerprint density at radius 1 is 0.727 bits per heavy atom. The first kappa shape index (κ1) is 21.9. The molecule has 132 valence electrons. The fourth-order valence-electron chi connectivity index (χ4n) is 2.71. The van der Waals surface area contributed by atoms with Gasteiger partial charge in [0.05, 0.1) is 6.42 Å². The Bertz CT molecular complexity index is 234. The monoisotopic (exact) mass is 378 g/mol. The molecule has 0 aromatic carbocycles. The maximum atomic E-state index is 11.0. The fourth-order valence-corrected chi connectivity index (χ4v) is 3.02. The van der Waals surface area contributed by atoms with Crippen molar-refractivity contribution < 1.29 is 28.4 Å². The van der Waals surface area contributed by atoms with Crippen molar-refractivity contribution in [3.63, 3.8) is 0 Å². The van der Waals surface area contributed by atoms with Gasteiger partial charge in [0, 0.05) is 0 Å². The summed E-state index contributed by atoms with van der Waals surface area (Å²) in [5.41, 5.74) is 0. The second-order valence-corrected chi connectivity index (χ2v) is 6.80. The predicted octanol–water partition coefficient (Wildman–Crippen LogP) is 5.07. The minimum atomic E-state index is -0.977. The molecule has 0 heterocycles. The zero-order valence-electron chi connectivity index (χ0n) is 14.4. The Morgan fingerprint density at radius 3 is 1.45 bits per heavy atom. The van der Waals surface area contributed by atoms with Crippen molar-refractivity contribution in [3.8, 4) is 0 Å². The van der Waals surface area contributed by atoms with Crippen LogP contribution >= 0.6 is 0 Å². The Kier molecular flexibility index (Phi) is 18.9. The van der Waals surface area contributed by atoms with Crippen LogP contribution in [-0.4, -0.2) is 5.97 Å². The van der Waals surface area contributed by atoms with Crippen molar-refractivity contribution >= 4 is 5.97 Å². The lowest BCUT2D eigenvalue weighted by Gasteiger charge is -2.03. The Hall–Kier alpha value is -0.0900. The lowest BCUT2D eigenvalue weighted by molar-refractivity contribution is -1.26. The third-order valence-corrected chi connectivity index (χ3v) is 4.60. The number of rotatable bonds is 17. The van der Waals surface area contributed by atoms with E-state index in [1.807, 2.05) is 0 Å². The number of hydrogen-bond acceptors (Lipinski definition) is 3. The van der Waals surface area contributed by atoms with Gasteiger partial charge in [-0.2, -0.15) is 0 Å². The highest BCUT2D eigenvalue weighted by atomic mass is 79.9. The maximum Gasteiger partial charge on any atom is 0.484 e. The number of unbranched alkanes of at least 4 members (excludes halogenated alkanes) is 14. The van der Waals surface area contributed by atoms with Gasteiger partial charge in [-0.1, -0.05) is 96.8 Å². The Balaban J connectivity index is 3.01. The van der Waals surface area contributed by atoms with Crippen molar-refractivity contribution in [2.45, 2.75) is 110 Å². The molecule has 0 atom stereocenters. The van der Waals surface area contributed by atoms with E-state index in [9.17, 15) is 8.99 Å². The lowest BCUT2D eigenvalue weighted by Crippen LogP contribution is -2.10. The minimum absolute atomic E-state index is 0.329. The molecule has 0 amide bonds. The molecule has 3 nitrogen and oxygen atoms in total. The third-order valence-electron chi connectivity index (χ3n) is 4.10. The van der Waals surface area contributed by atoms with Gasteiger partial charge in [0.1, 0.15) is 0 Å². The Labute approximate surface area is 144 Å². The number of carbonyl (C=O) groups excluding carboxylic acids is 1. The first-order valence-electron chi connectivity index (χ1n) is 9.28. The molecule has 0 aliphatic rings. The molecule has 0 radical (unpaired) electrons. The van der Waals surface area contributed by atoms with E-state index in [0.717, 1.165) is 12.8 Å². The maximum absolute atomic E-state index is 11.0. The van der Waals surface area contributed by atoms with E-state index in [2.05, 4.69) is 10.8 Å². The van der Waals surface area contributed by atoms with Crippen LogP contribution in [0, 0.1) is 15.5 Å². The second-order valence-electron chi connectivity index (χ2n) is 6.21. The summed E-state index contributed by atoms with van der Waals surface area (Å²) < 4.78 is 14.5. The summed E-state index contributed by atoms with van der Waals surface area (Å²) in [5.74, 6) is -0.329. The van der Waals surface area contributed by atoms with Gasteiger partial charge < -0.3 is 4.20 Å². The third kappa shape index (κ3) is 18.0. The standard InChI is InChI=1S/C18H35BrO3/c1-2-3-4-5-6-7-8-9-10-11-12-13-14-15-16-17-18(20)22-19-21/h2-17H2,1H3. The molecule has 0 spiro atoms. The van der Waals surface area contributed by atoms with Crippen LogP contribution in [0.4, 0.5) is 0 Å². The topological polar surface area (TPSA) is 49.4 Å². The first-order valence-corrected chi connectivity index (χ1v) is 10.6. The summed E-state index contributed by atoms with van der Waals surface area (Å²) in [7, 11) is 0. The van der Waals surface area contributed by atoms with Crippen molar-refractivity contribution in [2.75, 3.05) is 0 Å². The predicted molar refractivity (Wildman–Crippen MR) is 85.6 cm³/mol. The first-order chi connectivity index (χ1) is 10.8. The second kappa shape index (κ2) is 19.0.